The van der Waals surface area contributed by atoms with Crippen molar-refractivity contribution in [1.29, 1.82) is 0 Å². The van der Waals surface area contributed by atoms with Gasteiger partial charge in [-0.2, -0.15) is 0 Å². The minimum Gasteiger partial charge on any atom is -0.363 e. The quantitative estimate of drug-likeness (QED) is 0.655. The van der Waals surface area contributed by atoms with Gasteiger partial charge in [-0.3, -0.25) is 4.79 Å². The SMILES string of the molecule is CSc1cc(NC(C)c2cccc(NC(C)=O)c2)ncn1. The smallest absolute Gasteiger partial charge is 0.221 e. The van der Waals surface area contributed by atoms with E-state index in [1.807, 2.05) is 43.5 Å². The topological polar surface area (TPSA) is 66.9 Å². The number of rotatable bonds is 5. The average Bonchev–Trinajstić information content (AvgIpc) is 2.47. The summed E-state index contributed by atoms with van der Waals surface area (Å²) in [6, 6.07) is 9.75. The molecule has 1 amide bonds. The molecule has 0 aliphatic carbocycles. The zero-order chi connectivity index (χ0) is 15.2. The number of nitrogens with zero attached hydrogens (tertiary/aromatic N) is 2. The Balaban J connectivity index is 2.12. The molecule has 1 aromatic carbocycles. The van der Waals surface area contributed by atoms with E-state index in [0.717, 1.165) is 22.1 Å². The number of carbonyl (C=O) groups is 1. The van der Waals surface area contributed by atoms with Crippen LogP contribution in [0.4, 0.5) is 11.5 Å². The number of aromatic nitrogens is 2. The van der Waals surface area contributed by atoms with E-state index in [2.05, 4.69) is 20.6 Å². The molecule has 5 nitrogen and oxygen atoms in total. The zero-order valence-electron chi connectivity index (χ0n) is 12.3. The first-order valence-corrected chi connectivity index (χ1v) is 7.81. The van der Waals surface area contributed by atoms with Crippen LogP contribution in [-0.2, 0) is 4.79 Å². The Labute approximate surface area is 128 Å². The highest BCUT2D eigenvalue weighted by molar-refractivity contribution is 7.98. The third kappa shape index (κ3) is 4.46. The van der Waals surface area contributed by atoms with Crippen LogP contribution in [0, 0.1) is 0 Å². The number of thioether (sulfide) groups is 1. The van der Waals surface area contributed by atoms with Gasteiger partial charge in [-0.1, -0.05) is 12.1 Å². The Morgan fingerprint density at radius 2 is 2.10 bits per heavy atom. The standard InChI is InChI=1S/C15H18N4OS/c1-10(18-14-8-15(21-3)17-9-16-14)12-5-4-6-13(7-12)19-11(2)20/h4-10H,1-3H3,(H,19,20)(H,16,17,18). The molecule has 0 saturated heterocycles. The van der Waals surface area contributed by atoms with E-state index in [9.17, 15) is 4.79 Å². The summed E-state index contributed by atoms with van der Waals surface area (Å²) in [5.74, 6) is 0.708. The van der Waals surface area contributed by atoms with Gasteiger partial charge in [-0.05, 0) is 30.9 Å². The van der Waals surface area contributed by atoms with Gasteiger partial charge >= 0.3 is 0 Å². The molecule has 2 aromatic rings. The summed E-state index contributed by atoms with van der Waals surface area (Å²) in [6.45, 7) is 3.55. The first-order chi connectivity index (χ1) is 10.1. The molecule has 2 N–H and O–H groups in total. The highest BCUT2D eigenvalue weighted by Crippen LogP contribution is 2.22. The van der Waals surface area contributed by atoms with Gasteiger partial charge in [0.05, 0.1) is 6.04 Å². The maximum atomic E-state index is 11.1. The monoisotopic (exact) mass is 302 g/mol. The van der Waals surface area contributed by atoms with Gasteiger partial charge in [0.25, 0.3) is 0 Å². The molecule has 6 heteroatoms. The van der Waals surface area contributed by atoms with E-state index in [0.29, 0.717) is 0 Å². The predicted molar refractivity (Wildman–Crippen MR) is 86.6 cm³/mol. The molecule has 1 aromatic heterocycles. The fraction of sp³-hybridized carbons (Fsp3) is 0.267. The van der Waals surface area contributed by atoms with Crippen molar-refractivity contribution in [1.82, 2.24) is 9.97 Å². The van der Waals surface area contributed by atoms with Gasteiger partial charge < -0.3 is 10.6 Å². The molecule has 21 heavy (non-hydrogen) atoms. The van der Waals surface area contributed by atoms with E-state index in [-0.39, 0.29) is 11.9 Å². The Kier molecular flexibility index (Phi) is 5.16. The van der Waals surface area contributed by atoms with Crippen LogP contribution in [-0.4, -0.2) is 22.1 Å². The number of hydrogen-bond donors (Lipinski definition) is 2. The van der Waals surface area contributed by atoms with E-state index in [1.54, 1.807) is 18.1 Å². The molecular weight excluding hydrogens is 284 g/mol. The summed E-state index contributed by atoms with van der Waals surface area (Å²) in [6.07, 6.45) is 3.53. The summed E-state index contributed by atoms with van der Waals surface area (Å²) < 4.78 is 0. The Morgan fingerprint density at radius 1 is 1.29 bits per heavy atom. The summed E-state index contributed by atoms with van der Waals surface area (Å²) in [5.41, 5.74) is 1.87. The van der Waals surface area contributed by atoms with Crippen molar-refractivity contribution in [3.8, 4) is 0 Å². The lowest BCUT2D eigenvalue weighted by molar-refractivity contribution is -0.114. The fourth-order valence-electron chi connectivity index (χ4n) is 1.92. The molecule has 1 heterocycles. The second-order valence-electron chi connectivity index (χ2n) is 4.62. The molecule has 0 bridgehead atoms. The third-order valence-corrected chi connectivity index (χ3v) is 3.56. The number of benzene rings is 1. The maximum Gasteiger partial charge on any atom is 0.221 e. The minimum absolute atomic E-state index is 0.0725. The van der Waals surface area contributed by atoms with Gasteiger partial charge in [0.15, 0.2) is 0 Å². The van der Waals surface area contributed by atoms with Crippen LogP contribution in [0.25, 0.3) is 0 Å². The van der Waals surface area contributed by atoms with Gasteiger partial charge in [0.2, 0.25) is 5.91 Å². The number of nitrogens with one attached hydrogen (secondary N) is 2. The number of carbonyl (C=O) groups excluding carboxylic acids is 1. The molecule has 110 valence electrons. The van der Waals surface area contributed by atoms with E-state index >= 15 is 0 Å². The van der Waals surface area contributed by atoms with Gasteiger partial charge in [0, 0.05) is 18.7 Å². The van der Waals surface area contributed by atoms with Crippen LogP contribution in [0.1, 0.15) is 25.5 Å². The number of hydrogen-bond acceptors (Lipinski definition) is 5. The van der Waals surface area contributed by atoms with Crippen LogP contribution >= 0.6 is 11.8 Å². The average molecular weight is 302 g/mol. The van der Waals surface area contributed by atoms with Crippen LogP contribution in [0.5, 0.6) is 0 Å². The van der Waals surface area contributed by atoms with E-state index < -0.39 is 0 Å². The lowest BCUT2D eigenvalue weighted by Crippen LogP contribution is -2.10. The van der Waals surface area contributed by atoms with Crippen LogP contribution in [0.2, 0.25) is 0 Å². The van der Waals surface area contributed by atoms with Gasteiger partial charge in [-0.15, -0.1) is 11.8 Å². The third-order valence-electron chi connectivity index (χ3n) is 2.92. The molecule has 0 saturated carbocycles. The minimum atomic E-state index is -0.0758. The first kappa shape index (κ1) is 15.3. The summed E-state index contributed by atoms with van der Waals surface area (Å²) in [4.78, 5) is 19.5. The van der Waals surface area contributed by atoms with Crippen molar-refractivity contribution >= 4 is 29.2 Å². The number of anilines is 2. The van der Waals surface area contributed by atoms with E-state index in [4.69, 9.17) is 0 Å². The second kappa shape index (κ2) is 7.08. The first-order valence-electron chi connectivity index (χ1n) is 6.58. The van der Waals surface area contributed by atoms with Gasteiger partial charge in [-0.25, -0.2) is 9.97 Å². The summed E-state index contributed by atoms with van der Waals surface area (Å²) in [5, 5.41) is 7.05. The molecule has 0 radical (unpaired) electrons. The van der Waals surface area contributed by atoms with Crippen molar-refractivity contribution in [3.63, 3.8) is 0 Å². The normalized spacial score (nSPS) is 11.8. The van der Waals surface area contributed by atoms with Crippen molar-refractivity contribution in [3.05, 3.63) is 42.2 Å². The highest BCUT2D eigenvalue weighted by Gasteiger charge is 2.08. The predicted octanol–water partition coefficient (Wildman–Crippen LogP) is 3.33. The molecule has 2 rings (SSSR count). The van der Waals surface area contributed by atoms with Crippen molar-refractivity contribution in [2.75, 3.05) is 16.9 Å². The molecule has 1 atom stereocenters. The molecule has 0 aliphatic rings. The van der Waals surface area contributed by atoms with Crippen molar-refractivity contribution in [2.45, 2.75) is 24.9 Å². The molecular formula is C15H18N4OS. The Bertz CT molecular complexity index is 633. The highest BCUT2D eigenvalue weighted by atomic mass is 32.2. The maximum absolute atomic E-state index is 11.1. The van der Waals surface area contributed by atoms with Crippen molar-refractivity contribution in [2.24, 2.45) is 0 Å². The molecule has 0 spiro atoms. The van der Waals surface area contributed by atoms with Crippen molar-refractivity contribution < 1.29 is 4.79 Å². The van der Waals surface area contributed by atoms with Crippen LogP contribution in [0.3, 0.4) is 0 Å². The lowest BCUT2D eigenvalue weighted by Gasteiger charge is -2.16. The molecule has 1 unspecified atom stereocenters. The Morgan fingerprint density at radius 3 is 2.81 bits per heavy atom. The number of amides is 1. The summed E-state index contributed by atoms with van der Waals surface area (Å²) in [7, 11) is 0. The van der Waals surface area contributed by atoms with E-state index in [1.165, 1.54) is 6.92 Å². The second-order valence-corrected chi connectivity index (χ2v) is 5.44. The van der Waals surface area contributed by atoms with Crippen LogP contribution in [0.15, 0.2) is 41.7 Å². The lowest BCUT2D eigenvalue weighted by atomic mass is 10.1. The fourth-order valence-corrected chi connectivity index (χ4v) is 2.31. The Hall–Kier alpha value is -2.08. The molecule has 0 fully saturated rings. The molecule has 0 aliphatic heterocycles. The largest absolute Gasteiger partial charge is 0.363 e. The van der Waals surface area contributed by atoms with Crippen LogP contribution < -0.4 is 10.6 Å². The summed E-state index contributed by atoms with van der Waals surface area (Å²) >= 11 is 1.58. The zero-order valence-corrected chi connectivity index (χ0v) is 13.1. The van der Waals surface area contributed by atoms with Gasteiger partial charge in [0.1, 0.15) is 17.2 Å².